The van der Waals surface area contributed by atoms with Crippen molar-refractivity contribution >= 4 is 17.6 Å². The van der Waals surface area contributed by atoms with Gasteiger partial charge in [0.25, 0.3) is 5.91 Å². The normalized spacial score (nSPS) is 14.1. The van der Waals surface area contributed by atoms with Gasteiger partial charge >= 0.3 is 6.18 Å². The number of hydrogen-bond donors (Lipinski definition) is 1. The molecule has 4 rings (SSSR count). The summed E-state index contributed by atoms with van der Waals surface area (Å²) >= 11 is 0. The molecule has 1 N–H and O–H groups in total. The highest BCUT2D eigenvalue weighted by Crippen LogP contribution is 2.34. The third-order valence-corrected chi connectivity index (χ3v) is 5.42. The van der Waals surface area contributed by atoms with Gasteiger partial charge in [-0.3, -0.25) is 9.59 Å². The Kier molecular flexibility index (Phi) is 6.27. The summed E-state index contributed by atoms with van der Waals surface area (Å²) in [4.78, 5) is 35.3. The number of fused-ring (bicyclic) bond motifs is 1. The van der Waals surface area contributed by atoms with Crippen LogP contribution in [0.15, 0.2) is 47.3 Å². The van der Waals surface area contributed by atoms with Gasteiger partial charge in [-0.1, -0.05) is 0 Å². The lowest BCUT2D eigenvalue weighted by Gasteiger charge is -2.25. The van der Waals surface area contributed by atoms with Gasteiger partial charge in [0.05, 0.1) is 25.3 Å². The molecule has 178 valence electrons. The minimum atomic E-state index is -4.47. The van der Waals surface area contributed by atoms with E-state index in [1.807, 2.05) is 0 Å². The largest absolute Gasteiger partial charge is 0.469 e. The minimum absolute atomic E-state index is 0.0279. The van der Waals surface area contributed by atoms with Crippen LogP contribution in [0.25, 0.3) is 0 Å². The summed E-state index contributed by atoms with van der Waals surface area (Å²) in [6.45, 7) is 2.15. The van der Waals surface area contributed by atoms with Crippen molar-refractivity contribution in [2.24, 2.45) is 0 Å². The number of anilines is 1. The second-order valence-electron chi connectivity index (χ2n) is 7.89. The summed E-state index contributed by atoms with van der Waals surface area (Å²) < 4.78 is 47.2. The van der Waals surface area contributed by atoms with Crippen molar-refractivity contribution in [2.75, 3.05) is 11.9 Å². The molecule has 0 aliphatic carbocycles. The first kappa shape index (κ1) is 23.3. The van der Waals surface area contributed by atoms with Crippen LogP contribution in [0.2, 0.25) is 0 Å². The molecule has 3 aromatic heterocycles. The maximum Gasteiger partial charge on any atom is 0.422 e. The van der Waals surface area contributed by atoms with Crippen LogP contribution in [-0.4, -0.2) is 39.5 Å². The molecule has 0 bridgehead atoms. The fraction of sp³-hybridized carbons (Fsp3) is 0.304. The van der Waals surface area contributed by atoms with E-state index < -0.39 is 18.8 Å². The lowest BCUT2D eigenvalue weighted by Crippen LogP contribution is -2.27. The van der Waals surface area contributed by atoms with Gasteiger partial charge in [0, 0.05) is 29.1 Å². The second-order valence-corrected chi connectivity index (χ2v) is 7.89. The molecule has 11 heteroatoms. The zero-order valence-electron chi connectivity index (χ0n) is 18.3. The van der Waals surface area contributed by atoms with Crippen LogP contribution in [0.5, 0.6) is 5.88 Å². The number of rotatable bonds is 7. The van der Waals surface area contributed by atoms with E-state index in [1.54, 1.807) is 43.0 Å². The molecule has 1 atom stereocenters. The van der Waals surface area contributed by atoms with Gasteiger partial charge in [0.2, 0.25) is 11.8 Å². The number of furan rings is 1. The Morgan fingerprint density at radius 1 is 1.32 bits per heavy atom. The highest BCUT2D eigenvalue weighted by atomic mass is 19.4. The summed E-state index contributed by atoms with van der Waals surface area (Å²) in [6.07, 6.45) is -0.118. The Labute approximate surface area is 192 Å². The zero-order valence-corrected chi connectivity index (χ0v) is 18.3. The van der Waals surface area contributed by atoms with Crippen LogP contribution in [0.4, 0.5) is 19.0 Å². The van der Waals surface area contributed by atoms with Crippen LogP contribution in [-0.2, 0) is 17.8 Å². The number of nitrogens with one attached hydrogen (secondary N) is 1. The van der Waals surface area contributed by atoms with Crippen molar-refractivity contribution in [3.05, 3.63) is 70.9 Å². The maximum absolute atomic E-state index is 13.1. The number of aryl methyl sites for hydroxylation is 1. The van der Waals surface area contributed by atoms with Crippen LogP contribution in [0, 0.1) is 6.92 Å². The molecule has 0 aromatic carbocycles. The topological polar surface area (TPSA) is 97.6 Å². The molecule has 2 amide bonds. The number of halogens is 3. The summed E-state index contributed by atoms with van der Waals surface area (Å²) in [5.41, 5.74) is 2.06. The molecule has 1 aliphatic rings. The number of amides is 2. The SMILES string of the molecule is Cc1cc(C(C)N2Cc3c(ccnc3NC(=O)Cc3ccco3)C2=O)cnc1OCC(F)(F)F. The van der Waals surface area contributed by atoms with Gasteiger partial charge in [0.15, 0.2) is 6.61 Å². The first-order chi connectivity index (χ1) is 16.1. The molecule has 0 spiro atoms. The Morgan fingerprint density at radius 3 is 2.79 bits per heavy atom. The predicted octanol–water partition coefficient (Wildman–Crippen LogP) is 4.22. The average Bonchev–Trinajstić information content (AvgIpc) is 3.40. The minimum Gasteiger partial charge on any atom is -0.469 e. The van der Waals surface area contributed by atoms with E-state index in [4.69, 9.17) is 9.15 Å². The molecule has 4 heterocycles. The highest BCUT2D eigenvalue weighted by Gasteiger charge is 2.34. The van der Waals surface area contributed by atoms with Gasteiger partial charge < -0.3 is 19.4 Å². The zero-order chi connectivity index (χ0) is 24.5. The third kappa shape index (κ3) is 5.03. The molecular weight excluding hydrogens is 453 g/mol. The molecular formula is C23H21F3N4O4. The summed E-state index contributed by atoms with van der Waals surface area (Å²) in [7, 11) is 0. The number of pyridine rings is 2. The van der Waals surface area contributed by atoms with Crippen LogP contribution >= 0.6 is 0 Å². The van der Waals surface area contributed by atoms with E-state index in [9.17, 15) is 22.8 Å². The number of aromatic nitrogens is 2. The first-order valence-electron chi connectivity index (χ1n) is 10.4. The second kappa shape index (κ2) is 9.16. The first-order valence-corrected chi connectivity index (χ1v) is 10.4. The molecule has 0 fully saturated rings. The standard InChI is InChI=1S/C23H21F3N4O4/c1-13-8-15(10-28-21(13)34-12-23(24,25)26)14(2)30-11-18-17(22(30)32)5-6-27-20(18)29-19(31)9-16-4-3-7-33-16/h3-8,10,14H,9,11-12H2,1-2H3,(H,27,29,31). The number of ether oxygens (including phenoxy) is 1. The van der Waals surface area contributed by atoms with Crippen molar-refractivity contribution in [3.63, 3.8) is 0 Å². The summed E-state index contributed by atoms with van der Waals surface area (Å²) in [5.74, 6) is 0.102. The van der Waals surface area contributed by atoms with Gasteiger partial charge in [-0.15, -0.1) is 0 Å². The number of nitrogens with zero attached hydrogens (tertiary/aromatic N) is 3. The summed E-state index contributed by atoms with van der Waals surface area (Å²) in [5, 5.41) is 2.73. The molecule has 34 heavy (non-hydrogen) atoms. The van der Waals surface area contributed by atoms with Gasteiger partial charge in [0.1, 0.15) is 11.6 Å². The van der Waals surface area contributed by atoms with E-state index in [-0.39, 0.29) is 30.7 Å². The van der Waals surface area contributed by atoms with Crippen LogP contribution in [0.3, 0.4) is 0 Å². The van der Waals surface area contributed by atoms with Gasteiger partial charge in [-0.2, -0.15) is 13.2 Å². The molecule has 1 unspecified atom stereocenters. The quantitative estimate of drug-likeness (QED) is 0.551. The number of carbonyl (C=O) groups is 2. The number of hydrogen-bond acceptors (Lipinski definition) is 6. The van der Waals surface area contributed by atoms with Crippen molar-refractivity contribution < 1.29 is 31.9 Å². The van der Waals surface area contributed by atoms with E-state index in [2.05, 4.69) is 15.3 Å². The molecule has 3 aromatic rings. The summed E-state index contributed by atoms with van der Waals surface area (Å²) in [6, 6.07) is 6.16. The predicted molar refractivity (Wildman–Crippen MR) is 114 cm³/mol. The van der Waals surface area contributed by atoms with E-state index in [0.29, 0.717) is 33.8 Å². The van der Waals surface area contributed by atoms with E-state index >= 15 is 0 Å². The van der Waals surface area contributed by atoms with Crippen molar-refractivity contribution in [1.29, 1.82) is 0 Å². The fourth-order valence-electron chi connectivity index (χ4n) is 3.71. The Morgan fingerprint density at radius 2 is 2.12 bits per heavy atom. The third-order valence-electron chi connectivity index (χ3n) is 5.42. The van der Waals surface area contributed by atoms with Crippen LogP contribution in [0.1, 0.15) is 45.8 Å². The lowest BCUT2D eigenvalue weighted by atomic mass is 10.1. The Hall–Kier alpha value is -3.89. The fourth-order valence-corrected chi connectivity index (χ4v) is 3.71. The Balaban J connectivity index is 1.49. The monoisotopic (exact) mass is 474 g/mol. The smallest absolute Gasteiger partial charge is 0.422 e. The van der Waals surface area contributed by atoms with Crippen LogP contribution < -0.4 is 10.1 Å². The molecule has 0 radical (unpaired) electrons. The van der Waals surface area contributed by atoms with Gasteiger partial charge in [-0.05, 0) is 43.7 Å². The number of alkyl halides is 3. The highest BCUT2D eigenvalue weighted by molar-refractivity contribution is 6.01. The van der Waals surface area contributed by atoms with Crippen molar-refractivity contribution in [3.8, 4) is 5.88 Å². The molecule has 1 aliphatic heterocycles. The van der Waals surface area contributed by atoms with E-state index in [1.165, 1.54) is 18.7 Å². The van der Waals surface area contributed by atoms with Gasteiger partial charge in [-0.25, -0.2) is 9.97 Å². The van der Waals surface area contributed by atoms with Crippen molar-refractivity contribution in [2.45, 2.75) is 39.0 Å². The molecule has 0 saturated heterocycles. The lowest BCUT2D eigenvalue weighted by molar-refractivity contribution is -0.154. The Bertz CT molecular complexity index is 1210. The number of carbonyl (C=O) groups excluding carboxylic acids is 2. The molecule has 0 saturated carbocycles. The van der Waals surface area contributed by atoms with E-state index in [0.717, 1.165) is 0 Å². The molecule has 8 nitrogen and oxygen atoms in total. The average molecular weight is 474 g/mol. The van der Waals surface area contributed by atoms with Crippen molar-refractivity contribution in [1.82, 2.24) is 14.9 Å². The maximum atomic E-state index is 13.1.